The molecule has 0 heterocycles. The molecule has 2 unspecified atom stereocenters. The van der Waals surface area contributed by atoms with Crippen LogP contribution in [-0.2, 0) is 4.79 Å². The Hall–Kier alpha value is -1.88. The van der Waals surface area contributed by atoms with E-state index >= 15 is 0 Å². The molecule has 0 spiro atoms. The number of benzene rings is 1. The third kappa shape index (κ3) is 4.84. The van der Waals surface area contributed by atoms with Gasteiger partial charge in [-0.05, 0) is 25.0 Å². The topological polar surface area (TPSA) is 78.4 Å². The van der Waals surface area contributed by atoms with Crippen LogP contribution in [0.1, 0.15) is 42.5 Å². The summed E-state index contributed by atoms with van der Waals surface area (Å²) in [7, 11) is 0. The summed E-state index contributed by atoms with van der Waals surface area (Å²) in [5.41, 5.74) is 0.540. The van der Waals surface area contributed by atoms with Gasteiger partial charge in [-0.25, -0.2) is 0 Å². The van der Waals surface area contributed by atoms with Crippen molar-refractivity contribution in [2.45, 2.75) is 38.1 Å². The zero-order chi connectivity index (χ0) is 15.8. The molecule has 0 saturated heterocycles. The summed E-state index contributed by atoms with van der Waals surface area (Å²) in [4.78, 5) is 23.9. The van der Waals surface area contributed by atoms with Crippen molar-refractivity contribution in [3.8, 4) is 0 Å². The molecular formula is C17H24N2O3. The molecule has 1 fully saturated rings. The maximum Gasteiger partial charge on any atom is 0.251 e. The van der Waals surface area contributed by atoms with Gasteiger partial charge in [-0.2, -0.15) is 0 Å². The first-order valence-electron chi connectivity index (χ1n) is 7.94. The molecule has 1 aromatic carbocycles. The monoisotopic (exact) mass is 304 g/mol. The van der Waals surface area contributed by atoms with Gasteiger partial charge in [0.15, 0.2) is 0 Å². The average Bonchev–Trinajstić information content (AvgIpc) is 2.78. The first-order chi connectivity index (χ1) is 10.7. The molecule has 0 bridgehead atoms. The summed E-state index contributed by atoms with van der Waals surface area (Å²) in [5, 5.41) is 15.0. The lowest BCUT2D eigenvalue weighted by atomic mass is 9.95. The molecule has 2 atom stereocenters. The number of carbonyl (C=O) groups excluding carboxylic acids is 2. The summed E-state index contributed by atoms with van der Waals surface area (Å²) >= 11 is 0. The Bertz CT molecular complexity index is 490. The quantitative estimate of drug-likeness (QED) is 0.721. The molecule has 1 aliphatic carbocycles. The number of aliphatic hydroxyl groups excluding tert-OH is 1. The highest BCUT2D eigenvalue weighted by Crippen LogP contribution is 2.23. The van der Waals surface area contributed by atoms with E-state index in [1.165, 1.54) is 0 Å². The van der Waals surface area contributed by atoms with Crippen LogP contribution in [0.15, 0.2) is 30.3 Å². The molecule has 22 heavy (non-hydrogen) atoms. The van der Waals surface area contributed by atoms with E-state index in [9.17, 15) is 14.7 Å². The van der Waals surface area contributed by atoms with Crippen LogP contribution in [0.2, 0.25) is 0 Å². The Balaban J connectivity index is 1.80. The van der Waals surface area contributed by atoms with Crippen LogP contribution >= 0.6 is 0 Å². The van der Waals surface area contributed by atoms with E-state index in [0.717, 1.165) is 32.1 Å². The van der Waals surface area contributed by atoms with E-state index in [2.05, 4.69) is 10.6 Å². The van der Waals surface area contributed by atoms with Gasteiger partial charge in [0.25, 0.3) is 5.91 Å². The lowest BCUT2D eigenvalue weighted by Crippen LogP contribution is -2.45. The highest BCUT2D eigenvalue weighted by atomic mass is 16.3. The van der Waals surface area contributed by atoms with Crippen molar-refractivity contribution < 1.29 is 14.7 Å². The first-order valence-corrected chi connectivity index (χ1v) is 7.94. The number of carbonyl (C=O) groups is 2. The summed E-state index contributed by atoms with van der Waals surface area (Å²) in [6, 6.07) is 8.83. The van der Waals surface area contributed by atoms with Gasteiger partial charge in [-0.3, -0.25) is 9.59 Å². The minimum atomic E-state index is -0.254. The van der Waals surface area contributed by atoms with Gasteiger partial charge in [-0.1, -0.05) is 37.5 Å². The minimum Gasteiger partial charge on any atom is -0.396 e. The van der Waals surface area contributed by atoms with Crippen molar-refractivity contribution in [1.82, 2.24) is 10.6 Å². The van der Waals surface area contributed by atoms with Crippen molar-refractivity contribution >= 4 is 11.8 Å². The third-order valence-electron chi connectivity index (χ3n) is 4.19. The fraction of sp³-hybridized carbons (Fsp3) is 0.529. The van der Waals surface area contributed by atoms with Crippen LogP contribution in [0.25, 0.3) is 0 Å². The number of amides is 2. The Morgan fingerprint density at radius 2 is 1.82 bits per heavy atom. The molecular weight excluding hydrogens is 280 g/mol. The van der Waals surface area contributed by atoms with Gasteiger partial charge in [-0.15, -0.1) is 0 Å². The fourth-order valence-electron chi connectivity index (χ4n) is 2.90. The Morgan fingerprint density at radius 1 is 1.09 bits per heavy atom. The van der Waals surface area contributed by atoms with E-state index in [4.69, 9.17) is 0 Å². The first kappa shape index (κ1) is 16.5. The molecule has 5 nitrogen and oxygen atoms in total. The molecule has 2 rings (SSSR count). The predicted molar refractivity (Wildman–Crippen MR) is 84.4 cm³/mol. The molecule has 5 heteroatoms. The van der Waals surface area contributed by atoms with Crippen molar-refractivity contribution in [2.75, 3.05) is 13.2 Å². The number of nitrogens with one attached hydrogen (secondary N) is 2. The Labute approximate surface area is 131 Å². The van der Waals surface area contributed by atoms with Gasteiger partial charge in [0.2, 0.25) is 5.91 Å². The third-order valence-corrected chi connectivity index (χ3v) is 4.19. The second-order valence-electron chi connectivity index (χ2n) is 5.80. The molecule has 1 aromatic rings. The van der Waals surface area contributed by atoms with E-state index < -0.39 is 0 Å². The van der Waals surface area contributed by atoms with Crippen LogP contribution in [0.5, 0.6) is 0 Å². The molecule has 0 aromatic heterocycles. The second-order valence-corrected chi connectivity index (χ2v) is 5.80. The molecule has 0 aliphatic heterocycles. The zero-order valence-corrected chi connectivity index (χ0v) is 12.8. The second kappa shape index (κ2) is 8.54. The van der Waals surface area contributed by atoms with Crippen LogP contribution in [0.3, 0.4) is 0 Å². The maximum atomic E-state index is 12.0. The standard InChI is InChI=1S/C17H24N2O3/c20-12-14-9-5-2-6-10-15(14)19-16(21)11-18-17(22)13-7-3-1-4-8-13/h1,3-4,7-8,14-15,20H,2,5-6,9-12H2,(H,18,22)(H,19,21). The summed E-state index contributed by atoms with van der Waals surface area (Å²) in [5.74, 6) is -0.332. The number of hydrogen-bond donors (Lipinski definition) is 3. The Kier molecular flexibility index (Phi) is 6.40. The maximum absolute atomic E-state index is 12.0. The summed E-state index contributed by atoms with van der Waals surface area (Å²) in [6.07, 6.45) is 5.15. The Morgan fingerprint density at radius 3 is 2.55 bits per heavy atom. The van der Waals surface area contributed by atoms with Crippen LogP contribution in [-0.4, -0.2) is 36.1 Å². The highest BCUT2D eigenvalue weighted by Gasteiger charge is 2.24. The van der Waals surface area contributed by atoms with Gasteiger partial charge >= 0.3 is 0 Å². The van der Waals surface area contributed by atoms with Crippen LogP contribution < -0.4 is 10.6 Å². The van der Waals surface area contributed by atoms with Crippen molar-refractivity contribution in [1.29, 1.82) is 0 Å². The van der Waals surface area contributed by atoms with Gasteiger partial charge < -0.3 is 15.7 Å². The van der Waals surface area contributed by atoms with E-state index in [-0.39, 0.29) is 36.9 Å². The molecule has 2 amide bonds. The number of aliphatic hydroxyl groups is 1. The largest absolute Gasteiger partial charge is 0.396 e. The van der Waals surface area contributed by atoms with E-state index in [0.29, 0.717) is 5.56 Å². The average molecular weight is 304 g/mol. The molecule has 0 radical (unpaired) electrons. The highest BCUT2D eigenvalue weighted by molar-refractivity contribution is 5.96. The summed E-state index contributed by atoms with van der Waals surface area (Å²) < 4.78 is 0. The lowest BCUT2D eigenvalue weighted by molar-refractivity contribution is -0.121. The van der Waals surface area contributed by atoms with Gasteiger partial charge in [0, 0.05) is 24.1 Å². The minimum absolute atomic E-state index is 0.00799. The fourth-order valence-corrected chi connectivity index (χ4v) is 2.90. The van der Waals surface area contributed by atoms with Crippen LogP contribution in [0, 0.1) is 5.92 Å². The van der Waals surface area contributed by atoms with Gasteiger partial charge in [0.05, 0.1) is 6.54 Å². The molecule has 3 N–H and O–H groups in total. The molecule has 120 valence electrons. The molecule has 1 saturated carbocycles. The zero-order valence-electron chi connectivity index (χ0n) is 12.8. The number of rotatable bonds is 5. The van der Waals surface area contributed by atoms with Crippen molar-refractivity contribution in [2.24, 2.45) is 5.92 Å². The van der Waals surface area contributed by atoms with Crippen molar-refractivity contribution in [3.05, 3.63) is 35.9 Å². The lowest BCUT2D eigenvalue weighted by Gasteiger charge is -2.24. The van der Waals surface area contributed by atoms with Crippen LogP contribution in [0.4, 0.5) is 0 Å². The predicted octanol–water partition coefficient (Wildman–Crippen LogP) is 1.47. The molecule has 1 aliphatic rings. The van der Waals surface area contributed by atoms with Crippen molar-refractivity contribution in [3.63, 3.8) is 0 Å². The van der Waals surface area contributed by atoms with E-state index in [1.807, 2.05) is 6.07 Å². The van der Waals surface area contributed by atoms with Gasteiger partial charge in [0.1, 0.15) is 0 Å². The summed E-state index contributed by atoms with van der Waals surface area (Å²) in [6.45, 7) is 0.0592. The van der Waals surface area contributed by atoms with E-state index in [1.54, 1.807) is 24.3 Å². The number of hydrogen-bond acceptors (Lipinski definition) is 3. The normalized spacial score (nSPS) is 21.7. The smallest absolute Gasteiger partial charge is 0.251 e. The SMILES string of the molecule is O=C(CNC(=O)c1ccccc1)NC1CCCCCC1CO.